The molecule has 0 radical (unpaired) electrons. The maximum atomic E-state index is 12.9. The minimum atomic E-state index is -4.30. The van der Waals surface area contributed by atoms with E-state index in [0.717, 1.165) is 63.8 Å². The molecule has 1 heterocycles. The highest BCUT2D eigenvalue weighted by molar-refractivity contribution is 5.85. The first-order valence-electron chi connectivity index (χ1n) is 10.2. The van der Waals surface area contributed by atoms with Gasteiger partial charge in [0.15, 0.2) is 0 Å². The van der Waals surface area contributed by atoms with E-state index in [-0.39, 0.29) is 12.4 Å². The Labute approximate surface area is 183 Å². The maximum Gasteiger partial charge on any atom is 0.416 e. The molecule has 2 aromatic rings. The fourth-order valence-electron chi connectivity index (χ4n) is 3.85. The van der Waals surface area contributed by atoms with E-state index in [9.17, 15) is 13.2 Å². The van der Waals surface area contributed by atoms with Gasteiger partial charge >= 0.3 is 6.18 Å². The van der Waals surface area contributed by atoms with Crippen LogP contribution in [0.4, 0.5) is 18.9 Å². The van der Waals surface area contributed by atoms with E-state index in [4.69, 9.17) is 4.74 Å². The van der Waals surface area contributed by atoms with Gasteiger partial charge in [0.2, 0.25) is 0 Å². The number of methoxy groups -OCH3 is 1. The van der Waals surface area contributed by atoms with Crippen LogP contribution in [0.5, 0.6) is 5.75 Å². The third kappa shape index (κ3) is 6.29. The summed E-state index contributed by atoms with van der Waals surface area (Å²) in [5, 5.41) is 0. The molecule has 0 atom stereocenters. The highest BCUT2D eigenvalue weighted by Gasteiger charge is 2.31. The van der Waals surface area contributed by atoms with Gasteiger partial charge in [-0.1, -0.05) is 31.5 Å². The van der Waals surface area contributed by atoms with E-state index in [1.165, 1.54) is 23.3 Å². The summed E-state index contributed by atoms with van der Waals surface area (Å²) in [6, 6.07) is 12.0. The molecule has 0 unspecified atom stereocenters. The van der Waals surface area contributed by atoms with Crippen molar-refractivity contribution in [2.24, 2.45) is 0 Å². The topological polar surface area (TPSA) is 15.7 Å². The first-order chi connectivity index (χ1) is 13.9. The minimum Gasteiger partial charge on any atom is -0.496 e. The molecule has 0 saturated carbocycles. The zero-order valence-electron chi connectivity index (χ0n) is 17.5. The lowest BCUT2D eigenvalue weighted by Crippen LogP contribution is -2.47. The summed E-state index contributed by atoms with van der Waals surface area (Å²) in [6.07, 6.45) is -1.25. The van der Waals surface area contributed by atoms with Gasteiger partial charge in [-0.05, 0) is 48.2 Å². The molecule has 30 heavy (non-hydrogen) atoms. The smallest absolute Gasteiger partial charge is 0.416 e. The average molecular weight is 443 g/mol. The van der Waals surface area contributed by atoms with Gasteiger partial charge < -0.3 is 9.64 Å². The van der Waals surface area contributed by atoms with E-state index in [0.29, 0.717) is 5.69 Å². The molecule has 7 heteroatoms. The monoisotopic (exact) mass is 442 g/mol. The first kappa shape index (κ1) is 24.4. The lowest BCUT2D eigenvalue weighted by atomic mass is 10.0. The molecule has 0 spiro atoms. The molecule has 1 fully saturated rings. The van der Waals surface area contributed by atoms with Crippen LogP contribution in [-0.2, 0) is 19.0 Å². The lowest BCUT2D eigenvalue weighted by Gasteiger charge is -2.36. The van der Waals surface area contributed by atoms with Crippen molar-refractivity contribution in [1.29, 1.82) is 0 Å². The molecule has 1 saturated heterocycles. The molecular formula is C23H30ClF3N2O. The normalized spacial score (nSPS) is 15.0. The van der Waals surface area contributed by atoms with Crippen molar-refractivity contribution >= 4 is 18.1 Å². The predicted octanol–water partition coefficient (Wildman–Crippen LogP) is 5.45. The van der Waals surface area contributed by atoms with Gasteiger partial charge in [-0.2, -0.15) is 13.2 Å². The highest BCUT2D eigenvalue weighted by Crippen LogP contribution is 2.32. The molecule has 0 N–H and O–H groups in total. The van der Waals surface area contributed by atoms with Crippen LogP contribution in [0.25, 0.3) is 0 Å². The number of ether oxygens (including phenoxy) is 1. The summed E-state index contributed by atoms with van der Waals surface area (Å²) in [7, 11) is 1.71. The number of piperazine rings is 1. The zero-order valence-corrected chi connectivity index (χ0v) is 18.4. The second-order valence-electron chi connectivity index (χ2n) is 7.52. The second-order valence-corrected chi connectivity index (χ2v) is 7.52. The maximum absolute atomic E-state index is 12.9. The molecule has 3 rings (SSSR count). The Morgan fingerprint density at radius 3 is 2.33 bits per heavy atom. The summed E-state index contributed by atoms with van der Waals surface area (Å²) in [4.78, 5) is 4.42. The van der Waals surface area contributed by atoms with Gasteiger partial charge in [-0.3, -0.25) is 4.90 Å². The van der Waals surface area contributed by atoms with Crippen molar-refractivity contribution in [1.82, 2.24) is 4.90 Å². The summed E-state index contributed by atoms with van der Waals surface area (Å²) in [5.41, 5.74) is 2.62. The number of rotatable bonds is 7. The minimum absolute atomic E-state index is 0. The molecular weight excluding hydrogens is 413 g/mol. The fourth-order valence-corrected chi connectivity index (χ4v) is 3.85. The van der Waals surface area contributed by atoms with Gasteiger partial charge in [0, 0.05) is 38.4 Å². The molecule has 3 nitrogen and oxygen atoms in total. The zero-order chi connectivity index (χ0) is 20.9. The van der Waals surface area contributed by atoms with Crippen LogP contribution in [0.3, 0.4) is 0 Å². The molecule has 0 bridgehead atoms. The van der Waals surface area contributed by atoms with E-state index in [1.807, 2.05) is 11.0 Å². The van der Waals surface area contributed by atoms with Crippen LogP contribution in [0.2, 0.25) is 0 Å². The largest absolute Gasteiger partial charge is 0.496 e. The Kier molecular flexibility index (Phi) is 8.86. The van der Waals surface area contributed by atoms with Gasteiger partial charge in [0.1, 0.15) is 5.75 Å². The molecule has 1 aliphatic rings. The summed E-state index contributed by atoms with van der Waals surface area (Å²) in [5.74, 6) is 0.949. The van der Waals surface area contributed by atoms with E-state index < -0.39 is 11.7 Å². The van der Waals surface area contributed by atoms with Gasteiger partial charge in [-0.15, -0.1) is 12.4 Å². The third-order valence-electron chi connectivity index (χ3n) is 5.49. The Morgan fingerprint density at radius 1 is 0.967 bits per heavy atom. The van der Waals surface area contributed by atoms with E-state index >= 15 is 0 Å². The number of nitrogens with zero attached hydrogens (tertiary/aromatic N) is 2. The molecule has 2 aromatic carbocycles. The SMILES string of the molecule is CCCc1cc(CCN2CCN(c3cccc(C(F)(F)F)c3)CC2)ccc1OC.Cl. The van der Waals surface area contributed by atoms with Gasteiger partial charge in [0.05, 0.1) is 12.7 Å². The summed E-state index contributed by atoms with van der Waals surface area (Å²) >= 11 is 0. The van der Waals surface area contributed by atoms with Crippen LogP contribution in [0, 0.1) is 0 Å². The molecule has 0 aliphatic carbocycles. The van der Waals surface area contributed by atoms with Gasteiger partial charge in [-0.25, -0.2) is 0 Å². The van der Waals surface area contributed by atoms with Crippen molar-refractivity contribution < 1.29 is 17.9 Å². The first-order valence-corrected chi connectivity index (χ1v) is 10.2. The van der Waals surface area contributed by atoms with Crippen molar-refractivity contribution in [3.05, 3.63) is 59.2 Å². The third-order valence-corrected chi connectivity index (χ3v) is 5.49. The Bertz CT molecular complexity index is 805. The quantitative estimate of drug-likeness (QED) is 0.566. The highest BCUT2D eigenvalue weighted by atomic mass is 35.5. The molecule has 0 aromatic heterocycles. The number of anilines is 1. The van der Waals surface area contributed by atoms with Crippen molar-refractivity contribution in [3.63, 3.8) is 0 Å². The lowest BCUT2D eigenvalue weighted by molar-refractivity contribution is -0.137. The van der Waals surface area contributed by atoms with Gasteiger partial charge in [0.25, 0.3) is 0 Å². The summed E-state index contributed by atoms with van der Waals surface area (Å²) in [6.45, 7) is 6.31. The number of aryl methyl sites for hydroxylation is 1. The Balaban J connectivity index is 0.00000320. The Hall–Kier alpha value is -1.92. The predicted molar refractivity (Wildman–Crippen MR) is 118 cm³/mol. The fraction of sp³-hybridized carbons (Fsp3) is 0.478. The van der Waals surface area contributed by atoms with Crippen molar-refractivity contribution in [2.45, 2.75) is 32.4 Å². The van der Waals surface area contributed by atoms with Crippen LogP contribution < -0.4 is 9.64 Å². The van der Waals surface area contributed by atoms with Crippen LogP contribution in [0.15, 0.2) is 42.5 Å². The number of alkyl halides is 3. The van der Waals surface area contributed by atoms with Crippen molar-refractivity contribution in [3.8, 4) is 5.75 Å². The van der Waals surface area contributed by atoms with E-state index in [1.54, 1.807) is 13.2 Å². The van der Waals surface area contributed by atoms with Crippen LogP contribution in [0.1, 0.15) is 30.0 Å². The van der Waals surface area contributed by atoms with Crippen molar-refractivity contribution in [2.75, 3.05) is 44.7 Å². The molecule has 1 aliphatic heterocycles. The number of hydrogen-bond donors (Lipinski definition) is 0. The number of benzene rings is 2. The summed E-state index contributed by atoms with van der Waals surface area (Å²) < 4.78 is 44.3. The van der Waals surface area contributed by atoms with Crippen LogP contribution >= 0.6 is 12.4 Å². The molecule has 0 amide bonds. The standard InChI is InChI=1S/C23H29F3N2O.ClH/c1-3-5-19-16-18(8-9-22(19)29-2)10-11-27-12-14-28(15-13-27)21-7-4-6-20(17-21)23(24,25)26;/h4,6-9,16-17H,3,5,10-15H2,1-2H3;1H. The number of hydrogen-bond acceptors (Lipinski definition) is 3. The number of halogens is 4. The second kappa shape index (κ2) is 10.9. The van der Waals surface area contributed by atoms with Crippen LogP contribution in [-0.4, -0.2) is 44.7 Å². The Morgan fingerprint density at radius 2 is 1.70 bits per heavy atom. The van der Waals surface area contributed by atoms with E-state index in [2.05, 4.69) is 24.0 Å². The average Bonchev–Trinajstić information content (AvgIpc) is 2.72. The molecule has 166 valence electrons.